The monoisotopic (exact) mass is 259 g/mol. The SMILES string of the molecule is Cc1ncc(N)cc1C(=O)Nc1cnn(C(C)C)c1. The van der Waals surface area contributed by atoms with Crippen LogP contribution < -0.4 is 11.1 Å². The number of aromatic nitrogens is 3. The molecule has 2 aromatic heterocycles. The number of aryl methyl sites for hydroxylation is 1. The van der Waals surface area contributed by atoms with Crippen molar-refractivity contribution in [1.29, 1.82) is 0 Å². The van der Waals surface area contributed by atoms with Crippen molar-refractivity contribution in [1.82, 2.24) is 14.8 Å². The first-order valence-corrected chi connectivity index (χ1v) is 6.05. The van der Waals surface area contributed by atoms with Gasteiger partial charge in [0.15, 0.2) is 0 Å². The standard InChI is InChI=1S/C13H17N5O/c1-8(2)18-7-11(6-16-18)17-13(19)12-4-10(14)5-15-9(12)3/h4-8H,14H2,1-3H3,(H,17,19). The van der Waals surface area contributed by atoms with E-state index in [1.54, 1.807) is 30.1 Å². The van der Waals surface area contributed by atoms with Gasteiger partial charge in [-0.1, -0.05) is 0 Å². The van der Waals surface area contributed by atoms with Crippen LogP contribution in [0.2, 0.25) is 0 Å². The summed E-state index contributed by atoms with van der Waals surface area (Å²) >= 11 is 0. The number of nitrogens with two attached hydrogens (primary N) is 1. The fourth-order valence-corrected chi connectivity index (χ4v) is 1.66. The molecule has 0 fully saturated rings. The number of pyridine rings is 1. The summed E-state index contributed by atoms with van der Waals surface area (Å²) in [5.41, 5.74) is 7.87. The summed E-state index contributed by atoms with van der Waals surface area (Å²) in [5.74, 6) is -0.236. The number of carbonyl (C=O) groups excluding carboxylic acids is 1. The van der Waals surface area contributed by atoms with Crippen molar-refractivity contribution < 1.29 is 4.79 Å². The second-order valence-electron chi connectivity index (χ2n) is 4.66. The van der Waals surface area contributed by atoms with Crippen molar-refractivity contribution in [3.05, 3.63) is 35.9 Å². The summed E-state index contributed by atoms with van der Waals surface area (Å²) < 4.78 is 1.78. The molecule has 0 aliphatic heterocycles. The van der Waals surface area contributed by atoms with Crippen LogP contribution in [-0.2, 0) is 0 Å². The zero-order valence-corrected chi connectivity index (χ0v) is 11.2. The minimum Gasteiger partial charge on any atom is -0.397 e. The highest BCUT2D eigenvalue weighted by molar-refractivity contribution is 6.05. The van der Waals surface area contributed by atoms with Crippen LogP contribution in [0.15, 0.2) is 24.7 Å². The molecule has 0 bridgehead atoms. The largest absolute Gasteiger partial charge is 0.397 e. The van der Waals surface area contributed by atoms with Crippen LogP contribution in [0.4, 0.5) is 11.4 Å². The van der Waals surface area contributed by atoms with Crippen molar-refractivity contribution in [3.8, 4) is 0 Å². The maximum absolute atomic E-state index is 12.1. The molecule has 0 aliphatic carbocycles. The third kappa shape index (κ3) is 2.90. The van der Waals surface area contributed by atoms with Crippen LogP contribution in [0.5, 0.6) is 0 Å². The summed E-state index contributed by atoms with van der Waals surface area (Å²) in [5, 5.41) is 6.95. The van der Waals surface area contributed by atoms with Gasteiger partial charge in [0.2, 0.25) is 0 Å². The van der Waals surface area contributed by atoms with Gasteiger partial charge in [0.1, 0.15) is 0 Å². The minimum absolute atomic E-state index is 0.236. The van der Waals surface area contributed by atoms with Crippen LogP contribution in [0.1, 0.15) is 35.9 Å². The Morgan fingerprint density at radius 1 is 1.42 bits per heavy atom. The number of carbonyl (C=O) groups is 1. The lowest BCUT2D eigenvalue weighted by Crippen LogP contribution is -2.14. The van der Waals surface area contributed by atoms with Crippen molar-refractivity contribution in [2.24, 2.45) is 0 Å². The molecule has 0 saturated carbocycles. The third-order valence-electron chi connectivity index (χ3n) is 2.74. The Kier molecular flexibility index (Phi) is 3.50. The predicted octanol–water partition coefficient (Wildman–Crippen LogP) is 2.00. The summed E-state index contributed by atoms with van der Waals surface area (Å²) in [6, 6.07) is 1.87. The number of anilines is 2. The average Bonchev–Trinajstić information content (AvgIpc) is 2.80. The first-order chi connectivity index (χ1) is 8.97. The molecule has 2 aromatic rings. The number of rotatable bonds is 3. The summed E-state index contributed by atoms with van der Waals surface area (Å²) in [6.45, 7) is 5.81. The Bertz CT molecular complexity index is 603. The number of hydrogen-bond acceptors (Lipinski definition) is 4. The van der Waals surface area contributed by atoms with Gasteiger partial charge in [0, 0.05) is 12.2 Å². The van der Waals surface area contributed by atoms with Crippen molar-refractivity contribution in [2.45, 2.75) is 26.8 Å². The number of nitrogens with zero attached hydrogens (tertiary/aromatic N) is 3. The van der Waals surface area contributed by atoms with E-state index < -0.39 is 0 Å². The molecule has 0 radical (unpaired) electrons. The highest BCUT2D eigenvalue weighted by Gasteiger charge is 2.12. The summed E-state index contributed by atoms with van der Waals surface area (Å²) in [6.07, 6.45) is 4.94. The quantitative estimate of drug-likeness (QED) is 0.882. The highest BCUT2D eigenvalue weighted by atomic mass is 16.1. The molecule has 100 valence electrons. The van der Waals surface area contributed by atoms with Gasteiger partial charge in [0.05, 0.1) is 35.0 Å². The highest BCUT2D eigenvalue weighted by Crippen LogP contribution is 2.14. The van der Waals surface area contributed by atoms with Gasteiger partial charge in [-0.15, -0.1) is 0 Å². The molecule has 0 unspecified atom stereocenters. The summed E-state index contributed by atoms with van der Waals surface area (Å²) in [4.78, 5) is 16.2. The van der Waals surface area contributed by atoms with Gasteiger partial charge in [-0.05, 0) is 26.8 Å². The van der Waals surface area contributed by atoms with E-state index >= 15 is 0 Å². The smallest absolute Gasteiger partial charge is 0.257 e. The van der Waals surface area contributed by atoms with Gasteiger partial charge in [-0.25, -0.2) is 0 Å². The number of amides is 1. The van der Waals surface area contributed by atoms with E-state index in [1.807, 2.05) is 13.8 Å². The topological polar surface area (TPSA) is 85.8 Å². The molecule has 0 saturated heterocycles. The molecule has 1 amide bonds. The Morgan fingerprint density at radius 2 is 2.16 bits per heavy atom. The lowest BCUT2D eigenvalue weighted by molar-refractivity contribution is 0.102. The molecule has 0 spiro atoms. The second kappa shape index (κ2) is 5.09. The Balaban J connectivity index is 2.18. The van der Waals surface area contributed by atoms with E-state index in [0.29, 0.717) is 22.6 Å². The maximum Gasteiger partial charge on any atom is 0.257 e. The van der Waals surface area contributed by atoms with Gasteiger partial charge in [-0.3, -0.25) is 14.5 Å². The Hall–Kier alpha value is -2.37. The second-order valence-corrected chi connectivity index (χ2v) is 4.66. The molecule has 2 rings (SSSR count). The van der Waals surface area contributed by atoms with Gasteiger partial charge >= 0.3 is 0 Å². The zero-order valence-electron chi connectivity index (χ0n) is 11.2. The van der Waals surface area contributed by atoms with Crippen LogP contribution in [0.3, 0.4) is 0 Å². The predicted molar refractivity (Wildman–Crippen MR) is 74.0 cm³/mol. The Labute approximate surface area is 111 Å². The third-order valence-corrected chi connectivity index (χ3v) is 2.74. The molecule has 6 nitrogen and oxygen atoms in total. The molecule has 0 aliphatic rings. The molecule has 2 heterocycles. The lowest BCUT2D eigenvalue weighted by Gasteiger charge is -2.06. The van der Waals surface area contributed by atoms with Crippen LogP contribution in [-0.4, -0.2) is 20.7 Å². The van der Waals surface area contributed by atoms with Crippen LogP contribution in [0, 0.1) is 6.92 Å². The first-order valence-electron chi connectivity index (χ1n) is 6.05. The summed E-state index contributed by atoms with van der Waals surface area (Å²) in [7, 11) is 0. The van der Waals surface area contributed by atoms with Gasteiger partial charge < -0.3 is 11.1 Å². The molecule has 6 heteroatoms. The van der Waals surface area contributed by atoms with Gasteiger partial charge in [0.25, 0.3) is 5.91 Å². The molecule has 3 N–H and O–H groups in total. The maximum atomic E-state index is 12.1. The first kappa shape index (κ1) is 13.1. The van der Waals surface area contributed by atoms with E-state index in [1.165, 1.54) is 6.20 Å². The molecular weight excluding hydrogens is 242 g/mol. The lowest BCUT2D eigenvalue weighted by atomic mass is 10.2. The van der Waals surface area contributed by atoms with E-state index in [0.717, 1.165) is 0 Å². The van der Waals surface area contributed by atoms with Crippen molar-refractivity contribution in [3.63, 3.8) is 0 Å². The minimum atomic E-state index is -0.236. The number of nitrogens with one attached hydrogen (secondary N) is 1. The van der Waals surface area contributed by atoms with Crippen molar-refractivity contribution >= 4 is 17.3 Å². The van der Waals surface area contributed by atoms with E-state index in [4.69, 9.17) is 5.73 Å². The Morgan fingerprint density at radius 3 is 2.79 bits per heavy atom. The van der Waals surface area contributed by atoms with E-state index in [9.17, 15) is 4.79 Å². The van der Waals surface area contributed by atoms with Gasteiger partial charge in [-0.2, -0.15) is 5.10 Å². The van der Waals surface area contributed by atoms with E-state index in [2.05, 4.69) is 15.4 Å². The van der Waals surface area contributed by atoms with Crippen LogP contribution >= 0.6 is 0 Å². The normalized spacial score (nSPS) is 10.7. The average molecular weight is 259 g/mol. The zero-order chi connectivity index (χ0) is 14.0. The number of nitrogen functional groups attached to an aromatic ring is 1. The van der Waals surface area contributed by atoms with Crippen LogP contribution in [0.25, 0.3) is 0 Å². The number of hydrogen-bond donors (Lipinski definition) is 2. The fraction of sp³-hybridized carbons (Fsp3) is 0.308. The fourth-order valence-electron chi connectivity index (χ4n) is 1.66. The van der Waals surface area contributed by atoms with Crippen molar-refractivity contribution in [2.75, 3.05) is 11.1 Å². The van der Waals surface area contributed by atoms with E-state index in [-0.39, 0.29) is 11.9 Å². The molecule has 19 heavy (non-hydrogen) atoms. The molecule has 0 aromatic carbocycles. The molecule has 0 atom stereocenters. The molecular formula is C13H17N5O.